The van der Waals surface area contributed by atoms with Crippen molar-refractivity contribution in [3.05, 3.63) is 64.4 Å². The van der Waals surface area contributed by atoms with Crippen molar-refractivity contribution in [2.45, 2.75) is 17.7 Å². The van der Waals surface area contributed by atoms with E-state index in [1.165, 1.54) is 16.4 Å². The molecule has 1 fully saturated rings. The van der Waals surface area contributed by atoms with Crippen molar-refractivity contribution < 1.29 is 22.9 Å². The summed E-state index contributed by atoms with van der Waals surface area (Å²) in [5.41, 5.74) is 0.498. The van der Waals surface area contributed by atoms with Crippen LogP contribution in [-0.2, 0) is 19.6 Å². The third-order valence-corrected chi connectivity index (χ3v) is 8.28. The number of rotatable bonds is 8. The van der Waals surface area contributed by atoms with Crippen molar-refractivity contribution in [2.24, 2.45) is 10.9 Å². The molecule has 1 aliphatic carbocycles. The van der Waals surface area contributed by atoms with Gasteiger partial charge in [-0.05, 0) is 37.6 Å². The van der Waals surface area contributed by atoms with Crippen molar-refractivity contribution >= 4 is 33.0 Å². The lowest BCUT2D eigenvalue weighted by Gasteiger charge is -2.21. The topological polar surface area (TPSA) is 134 Å². The number of methoxy groups -OCH3 is 1. The van der Waals surface area contributed by atoms with Crippen molar-refractivity contribution in [3.8, 4) is 0 Å². The summed E-state index contributed by atoms with van der Waals surface area (Å²) < 4.78 is 33.0. The van der Waals surface area contributed by atoms with E-state index in [1.807, 2.05) is 12.2 Å². The summed E-state index contributed by atoms with van der Waals surface area (Å²) in [6.45, 7) is 3.15. The molecule has 1 N–H and O–H groups in total. The molecule has 2 aliphatic heterocycles. The number of hydrogen-bond donors (Lipinski definition) is 1. The van der Waals surface area contributed by atoms with Gasteiger partial charge in [-0.25, -0.2) is 8.42 Å². The van der Waals surface area contributed by atoms with Gasteiger partial charge in [-0.1, -0.05) is 18.2 Å². The number of carbonyl (C=O) groups is 1. The average molecular weight is 516 g/mol. The molecule has 1 aromatic rings. The van der Waals surface area contributed by atoms with E-state index in [9.17, 15) is 23.3 Å². The number of sulfonamides is 1. The molecule has 0 radical (unpaired) electrons. The zero-order valence-corrected chi connectivity index (χ0v) is 20.8. The smallest absolute Gasteiger partial charge is 0.294 e. The summed E-state index contributed by atoms with van der Waals surface area (Å²) in [6.07, 6.45) is 10.3. The molecule has 0 saturated carbocycles. The van der Waals surface area contributed by atoms with E-state index < -0.39 is 26.5 Å². The quantitative estimate of drug-likeness (QED) is 0.415. The normalized spacial score (nSPS) is 20.8. The SMILES string of the molecule is COCCN1CCCN(S(=O)(=O)c2ccc(NC(=O)C3=CC4=NC=CCC4C=C3)c([N+](=O)[O-])c2)CC1. The molecule has 1 unspecified atom stereocenters. The highest BCUT2D eigenvalue weighted by molar-refractivity contribution is 7.89. The highest BCUT2D eigenvalue weighted by atomic mass is 32.2. The number of benzene rings is 1. The minimum Gasteiger partial charge on any atom is -0.383 e. The lowest BCUT2D eigenvalue weighted by Crippen LogP contribution is -2.36. The highest BCUT2D eigenvalue weighted by Gasteiger charge is 2.30. The number of amides is 1. The Balaban J connectivity index is 1.52. The van der Waals surface area contributed by atoms with Crippen LogP contribution in [0.3, 0.4) is 0 Å². The molecule has 1 aromatic carbocycles. The summed E-state index contributed by atoms with van der Waals surface area (Å²) >= 11 is 0. The van der Waals surface area contributed by atoms with Crippen molar-refractivity contribution in [2.75, 3.05) is 51.8 Å². The molecule has 1 atom stereocenters. The molecule has 36 heavy (non-hydrogen) atoms. The molecule has 0 bridgehead atoms. The van der Waals surface area contributed by atoms with Gasteiger partial charge in [0.2, 0.25) is 10.0 Å². The van der Waals surface area contributed by atoms with Gasteiger partial charge in [0.15, 0.2) is 0 Å². The summed E-state index contributed by atoms with van der Waals surface area (Å²) in [6, 6.07) is 3.57. The second-order valence-corrected chi connectivity index (χ2v) is 10.7. The molecule has 192 valence electrons. The van der Waals surface area contributed by atoms with Gasteiger partial charge in [0.05, 0.1) is 16.4 Å². The molecule has 11 nitrogen and oxygen atoms in total. The number of nitrogens with zero attached hydrogens (tertiary/aromatic N) is 4. The standard InChI is InChI=1S/C24H29N5O6S/c1-35-15-14-27-10-3-11-28(13-12-27)36(33,34)20-7-8-21(23(17-20)29(31)32)26-24(30)19-6-5-18-4-2-9-25-22(18)16-19/h2,5-9,16-18H,3-4,10-15H2,1H3,(H,26,30). The Bertz CT molecular complexity index is 1250. The van der Waals surface area contributed by atoms with Crippen molar-refractivity contribution in [3.63, 3.8) is 0 Å². The van der Waals surface area contributed by atoms with E-state index in [0.717, 1.165) is 24.7 Å². The van der Waals surface area contributed by atoms with Gasteiger partial charge in [-0.15, -0.1) is 0 Å². The van der Waals surface area contributed by atoms with Crippen LogP contribution in [0.4, 0.5) is 11.4 Å². The Morgan fingerprint density at radius 3 is 2.89 bits per heavy atom. The summed E-state index contributed by atoms with van der Waals surface area (Å²) in [5.74, 6) is -0.430. The van der Waals surface area contributed by atoms with Crippen LogP contribution in [0, 0.1) is 16.0 Å². The van der Waals surface area contributed by atoms with E-state index in [0.29, 0.717) is 38.2 Å². The minimum absolute atomic E-state index is 0.0764. The zero-order chi connectivity index (χ0) is 25.7. The van der Waals surface area contributed by atoms with E-state index in [4.69, 9.17) is 4.74 Å². The van der Waals surface area contributed by atoms with E-state index in [2.05, 4.69) is 15.2 Å². The van der Waals surface area contributed by atoms with Gasteiger partial charge in [-0.2, -0.15) is 4.31 Å². The number of nitrogens with one attached hydrogen (secondary N) is 1. The molecule has 1 saturated heterocycles. The molecule has 0 spiro atoms. The summed E-state index contributed by atoms with van der Waals surface area (Å²) in [4.78, 5) is 30.2. The first-order chi connectivity index (χ1) is 17.3. The molecule has 1 amide bonds. The van der Waals surface area contributed by atoms with Gasteiger partial charge in [-0.3, -0.25) is 24.8 Å². The van der Waals surface area contributed by atoms with Crippen LogP contribution >= 0.6 is 0 Å². The van der Waals surface area contributed by atoms with E-state index in [-0.39, 0.29) is 23.0 Å². The molecule has 2 heterocycles. The fourth-order valence-electron chi connectivity index (χ4n) is 4.36. The number of anilines is 1. The number of carbonyl (C=O) groups excluding carboxylic acids is 1. The monoisotopic (exact) mass is 515 g/mol. The predicted octanol–water partition coefficient (Wildman–Crippen LogP) is 2.35. The number of allylic oxidation sites excluding steroid dienone is 3. The third kappa shape index (κ3) is 5.78. The van der Waals surface area contributed by atoms with Gasteiger partial charge >= 0.3 is 0 Å². The van der Waals surface area contributed by atoms with Crippen LogP contribution in [0.5, 0.6) is 0 Å². The molecule has 3 aliphatic rings. The summed E-state index contributed by atoms with van der Waals surface area (Å²) in [7, 11) is -2.33. The maximum absolute atomic E-state index is 13.3. The number of hydrogen-bond acceptors (Lipinski definition) is 8. The van der Waals surface area contributed by atoms with Crippen LogP contribution in [0.15, 0.2) is 64.2 Å². The second-order valence-electron chi connectivity index (χ2n) is 8.72. The van der Waals surface area contributed by atoms with Gasteiger partial charge in [0.25, 0.3) is 11.6 Å². The first-order valence-electron chi connectivity index (χ1n) is 11.7. The maximum Gasteiger partial charge on any atom is 0.294 e. The summed E-state index contributed by atoms with van der Waals surface area (Å²) in [5, 5.41) is 14.3. The first-order valence-corrected chi connectivity index (χ1v) is 13.2. The lowest BCUT2D eigenvalue weighted by atomic mass is 9.90. The van der Waals surface area contributed by atoms with Crippen LogP contribution < -0.4 is 5.32 Å². The minimum atomic E-state index is -3.95. The number of aliphatic imine (C=N–C) groups is 1. The highest BCUT2D eigenvalue weighted by Crippen LogP contribution is 2.30. The third-order valence-electron chi connectivity index (χ3n) is 6.38. The fourth-order valence-corrected chi connectivity index (χ4v) is 5.85. The van der Waals surface area contributed by atoms with Crippen molar-refractivity contribution in [1.82, 2.24) is 9.21 Å². The second kappa shape index (κ2) is 11.2. The molecular formula is C24H29N5O6S. The number of nitro benzene ring substituents is 1. The van der Waals surface area contributed by atoms with E-state index >= 15 is 0 Å². The molecule has 0 aromatic heterocycles. The first kappa shape index (κ1) is 25.9. The van der Waals surface area contributed by atoms with E-state index in [1.54, 1.807) is 25.5 Å². The van der Waals surface area contributed by atoms with Gasteiger partial charge in [0, 0.05) is 62.8 Å². The zero-order valence-electron chi connectivity index (χ0n) is 20.0. The van der Waals surface area contributed by atoms with Crippen LogP contribution in [-0.4, -0.2) is 80.6 Å². The van der Waals surface area contributed by atoms with Crippen molar-refractivity contribution in [1.29, 1.82) is 0 Å². The Hall–Kier alpha value is -3.19. The number of ether oxygens (including phenoxy) is 1. The Labute approximate surface area is 210 Å². The molecule has 12 heteroatoms. The Kier molecular flexibility index (Phi) is 8.09. The maximum atomic E-state index is 13.3. The van der Waals surface area contributed by atoms with Crippen LogP contribution in [0.25, 0.3) is 0 Å². The van der Waals surface area contributed by atoms with Gasteiger partial charge < -0.3 is 10.1 Å². The molecular weight excluding hydrogens is 486 g/mol. The number of fused-ring (bicyclic) bond motifs is 1. The number of nitro groups is 1. The largest absolute Gasteiger partial charge is 0.383 e. The lowest BCUT2D eigenvalue weighted by molar-refractivity contribution is -0.384. The Morgan fingerprint density at radius 2 is 2.11 bits per heavy atom. The average Bonchev–Trinajstić information content (AvgIpc) is 3.13. The fraction of sp³-hybridized carbons (Fsp3) is 0.417. The van der Waals surface area contributed by atoms with Crippen LogP contribution in [0.1, 0.15) is 12.8 Å². The van der Waals surface area contributed by atoms with Gasteiger partial charge in [0.1, 0.15) is 5.69 Å². The van der Waals surface area contributed by atoms with Crippen LogP contribution in [0.2, 0.25) is 0 Å². The predicted molar refractivity (Wildman–Crippen MR) is 135 cm³/mol. The molecule has 4 rings (SSSR count). The Morgan fingerprint density at radius 1 is 1.28 bits per heavy atom.